The van der Waals surface area contributed by atoms with Gasteiger partial charge in [-0.1, -0.05) is 78.1 Å². The number of hydrogen-bond acceptors (Lipinski definition) is 8. The number of carbonyl (C=O) groups is 2. The first kappa shape index (κ1) is 32.3. The lowest BCUT2D eigenvalue weighted by Crippen LogP contribution is -2.40. The van der Waals surface area contributed by atoms with E-state index in [0.29, 0.717) is 44.1 Å². The zero-order chi connectivity index (χ0) is 33.6. The summed E-state index contributed by atoms with van der Waals surface area (Å²) < 4.78 is 32.4. The summed E-state index contributed by atoms with van der Waals surface area (Å²) in [5, 5.41) is 0. The molecule has 1 aromatic heterocycles. The Labute approximate surface area is 279 Å². The average molecular weight is 663 g/mol. The van der Waals surface area contributed by atoms with E-state index in [0.717, 1.165) is 11.1 Å². The van der Waals surface area contributed by atoms with Gasteiger partial charge in [0.1, 0.15) is 18.2 Å². The maximum Gasteiger partial charge on any atom is 0.338 e. The Kier molecular flexibility index (Phi) is 9.73. The molecule has 2 heterocycles. The smallest absolute Gasteiger partial charge is 0.338 e. The van der Waals surface area contributed by atoms with Gasteiger partial charge in [-0.25, -0.2) is 19.0 Å². The maximum atomic E-state index is 14.1. The van der Waals surface area contributed by atoms with Crippen LogP contribution in [0.15, 0.2) is 118 Å². The SMILES string of the molecule is CCOC(=O)C1=C(c2ccccc2)N=c2s/c(=C\c3cccc(OCc4ccc(C(=O)OCC)cc4)c3)c(=O)n2[C@H]1c1ccc(F)cc1. The first-order valence-electron chi connectivity index (χ1n) is 15.4. The number of thiazole rings is 1. The first-order valence-corrected chi connectivity index (χ1v) is 16.2. The van der Waals surface area contributed by atoms with Crippen molar-refractivity contribution in [3.05, 3.63) is 162 Å². The van der Waals surface area contributed by atoms with Crippen LogP contribution in [0.2, 0.25) is 0 Å². The number of ether oxygens (including phenoxy) is 3. The van der Waals surface area contributed by atoms with E-state index in [1.165, 1.54) is 28.0 Å². The molecule has 8 nitrogen and oxygen atoms in total. The molecular weight excluding hydrogens is 631 g/mol. The van der Waals surface area contributed by atoms with Crippen molar-refractivity contribution in [1.82, 2.24) is 4.57 Å². The van der Waals surface area contributed by atoms with Crippen molar-refractivity contribution >= 4 is 35.0 Å². The highest BCUT2D eigenvalue weighted by atomic mass is 32.1. The van der Waals surface area contributed by atoms with E-state index in [2.05, 4.69) is 0 Å². The first-order chi connectivity index (χ1) is 23.4. The molecule has 0 amide bonds. The normalized spacial score (nSPS) is 14.2. The predicted molar refractivity (Wildman–Crippen MR) is 181 cm³/mol. The third kappa shape index (κ3) is 6.89. The highest BCUT2D eigenvalue weighted by Gasteiger charge is 2.35. The Morgan fingerprint density at radius 1 is 0.875 bits per heavy atom. The molecule has 0 aliphatic carbocycles. The van der Waals surface area contributed by atoms with Crippen LogP contribution >= 0.6 is 11.3 Å². The molecule has 1 aliphatic rings. The number of aromatic nitrogens is 1. The molecule has 10 heteroatoms. The Hall–Kier alpha value is -5.61. The molecule has 0 spiro atoms. The van der Waals surface area contributed by atoms with Crippen molar-refractivity contribution in [3.63, 3.8) is 0 Å². The molecule has 6 rings (SSSR count). The molecule has 0 N–H and O–H groups in total. The summed E-state index contributed by atoms with van der Waals surface area (Å²) in [5.41, 5.74) is 3.52. The Balaban J connectivity index is 1.38. The van der Waals surface area contributed by atoms with E-state index in [1.54, 1.807) is 44.2 Å². The topological polar surface area (TPSA) is 96.2 Å². The largest absolute Gasteiger partial charge is 0.489 e. The summed E-state index contributed by atoms with van der Waals surface area (Å²) in [4.78, 5) is 44.9. The fourth-order valence-corrected chi connectivity index (χ4v) is 6.37. The van der Waals surface area contributed by atoms with E-state index in [-0.39, 0.29) is 30.3 Å². The van der Waals surface area contributed by atoms with Crippen molar-refractivity contribution in [2.75, 3.05) is 13.2 Å². The van der Waals surface area contributed by atoms with Gasteiger partial charge in [0.15, 0.2) is 4.80 Å². The third-order valence-corrected chi connectivity index (χ3v) is 8.57. The van der Waals surface area contributed by atoms with Crippen LogP contribution in [-0.2, 0) is 20.9 Å². The summed E-state index contributed by atoms with van der Waals surface area (Å²) in [7, 11) is 0. The van der Waals surface area contributed by atoms with Gasteiger partial charge in [0.25, 0.3) is 5.56 Å². The summed E-state index contributed by atoms with van der Waals surface area (Å²) in [6.07, 6.45) is 1.75. The number of benzene rings is 4. The van der Waals surface area contributed by atoms with E-state index >= 15 is 0 Å². The zero-order valence-corrected chi connectivity index (χ0v) is 27.0. The lowest BCUT2D eigenvalue weighted by Gasteiger charge is -2.25. The fraction of sp³-hybridized carbons (Fsp3) is 0.158. The number of rotatable bonds is 10. The molecule has 242 valence electrons. The van der Waals surface area contributed by atoms with Crippen LogP contribution in [0.4, 0.5) is 4.39 Å². The molecule has 1 atom stereocenters. The minimum Gasteiger partial charge on any atom is -0.489 e. The number of halogens is 1. The van der Waals surface area contributed by atoms with Crippen LogP contribution in [-0.4, -0.2) is 29.7 Å². The van der Waals surface area contributed by atoms with Crippen molar-refractivity contribution in [2.45, 2.75) is 26.5 Å². The van der Waals surface area contributed by atoms with Crippen LogP contribution < -0.4 is 19.6 Å². The molecule has 0 unspecified atom stereocenters. The second-order valence-corrected chi connectivity index (χ2v) is 11.8. The minimum atomic E-state index is -0.900. The van der Waals surface area contributed by atoms with Crippen LogP contribution in [0.1, 0.15) is 52.5 Å². The Bertz CT molecular complexity index is 2170. The van der Waals surface area contributed by atoms with Crippen LogP contribution in [0.25, 0.3) is 11.8 Å². The monoisotopic (exact) mass is 662 g/mol. The van der Waals surface area contributed by atoms with Gasteiger partial charge in [-0.05, 0) is 73.0 Å². The van der Waals surface area contributed by atoms with Crippen molar-refractivity contribution < 1.29 is 28.2 Å². The molecule has 1 aliphatic heterocycles. The zero-order valence-electron chi connectivity index (χ0n) is 26.2. The highest BCUT2D eigenvalue weighted by Crippen LogP contribution is 2.35. The standard InChI is InChI=1S/C38H31FN2O6S/c1-3-45-36(43)28-15-13-24(14-16-28)23-47-30-12-8-9-25(21-30)22-31-35(42)41-34(27-17-19-29(39)20-18-27)32(37(44)46-4-2)33(40-38(41)48-31)26-10-6-5-7-11-26/h5-22,34H,3-4,23H2,1-2H3/b31-22-/t34-/m0/s1. The van der Waals surface area contributed by atoms with Crippen LogP contribution in [0.5, 0.6) is 5.75 Å². The molecule has 4 aromatic carbocycles. The van der Waals surface area contributed by atoms with E-state index in [9.17, 15) is 18.8 Å². The number of fused-ring (bicyclic) bond motifs is 1. The molecule has 0 bridgehead atoms. The molecule has 0 fully saturated rings. The molecule has 5 aromatic rings. The Morgan fingerprint density at radius 2 is 1.58 bits per heavy atom. The van der Waals surface area contributed by atoms with Gasteiger partial charge >= 0.3 is 11.9 Å². The predicted octanol–water partition coefficient (Wildman–Crippen LogP) is 5.83. The number of nitrogens with zero attached hydrogens (tertiary/aromatic N) is 2. The van der Waals surface area contributed by atoms with Crippen molar-refractivity contribution in [3.8, 4) is 5.75 Å². The van der Waals surface area contributed by atoms with E-state index < -0.39 is 17.8 Å². The molecule has 0 saturated carbocycles. The van der Waals surface area contributed by atoms with E-state index in [4.69, 9.17) is 19.2 Å². The maximum absolute atomic E-state index is 14.1. The lowest BCUT2D eigenvalue weighted by molar-refractivity contribution is -0.138. The minimum absolute atomic E-state index is 0.127. The second-order valence-electron chi connectivity index (χ2n) is 10.8. The van der Waals surface area contributed by atoms with Gasteiger partial charge in [-0.3, -0.25) is 9.36 Å². The van der Waals surface area contributed by atoms with Gasteiger partial charge in [-0.15, -0.1) is 0 Å². The van der Waals surface area contributed by atoms with Gasteiger partial charge in [0, 0.05) is 5.56 Å². The van der Waals surface area contributed by atoms with Crippen LogP contribution in [0.3, 0.4) is 0 Å². The highest BCUT2D eigenvalue weighted by molar-refractivity contribution is 7.07. The van der Waals surface area contributed by atoms with Gasteiger partial charge < -0.3 is 14.2 Å². The average Bonchev–Trinajstić information content (AvgIpc) is 3.41. The lowest BCUT2D eigenvalue weighted by atomic mass is 9.93. The van der Waals surface area contributed by atoms with Crippen LogP contribution in [0, 0.1) is 5.82 Å². The van der Waals surface area contributed by atoms with E-state index in [1.807, 2.05) is 66.7 Å². The summed E-state index contributed by atoms with van der Waals surface area (Å²) >= 11 is 1.20. The molecule has 0 radical (unpaired) electrons. The number of carbonyl (C=O) groups excluding carboxylic acids is 2. The third-order valence-electron chi connectivity index (χ3n) is 7.59. The second kappa shape index (κ2) is 14.4. The fourth-order valence-electron chi connectivity index (χ4n) is 5.36. The number of esters is 2. The van der Waals surface area contributed by atoms with Crippen molar-refractivity contribution in [1.29, 1.82) is 0 Å². The molecule has 48 heavy (non-hydrogen) atoms. The van der Waals surface area contributed by atoms with Gasteiger partial charge in [-0.2, -0.15) is 0 Å². The molecule has 0 saturated heterocycles. The summed E-state index contributed by atoms with van der Waals surface area (Å²) in [6.45, 7) is 4.17. The Morgan fingerprint density at radius 3 is 2.29 bits per heavy atom. The molecular formula is C38H31FN2O6S. The summed E-state index contributed by atoms with van der Waals surface area (Å²) in [5.74, 6) is -0.831. The summed E-state index contributed by atoms with van der Waals surface area (Å²) in [6, 6.07) is 28.4. The van der Waals surface area contributed by atoms with Crippen molar-refractivity contribution in [2.24, 2.45) is 4.99 Å². The quantitative estimate of drug-likeness (QED) is 0.175. The van der Waals surface area contributed by atoms with Gasteiger partial charge in [0.05, 0.1) is 40.6 Å². The van der Waals surface area contributed by atoms with Gasteiger partial charge in [0.2, 0.25) is 0 Å². The number of hydrogen-bond donors (Lipinski definition) is 0.